The van der Waals surface area contributed by atoms with Crippen LogP contribution in [0.4, 0.5) is 11.4 Å². The lowest BCUT2D eigenvalue weighted by Gasteiger charge is -2.51. The molecule has 1 fully saturated rings. The molecule has 5 rings (SSSR count). The molecule has 0 bridgehead atoms. The van der Waals surface area contributed by atoms with E-state index in [1.807, 2.05) is 0 Å². The number of non-ortho nitro benzene ring substituents is 2. The summed E-state index contributed by atoms with van der Waals surface area (Å²) in [5, 5.41) is 27.3. The maximum atomic E-state index is 13.3. The Morgan fingerprint density at radius 1 is 0.918 bits per heavy atom. The van der Waals surface area contributed by atoms with Crippen LogP contribution in [0.5, 0.6) is 0 Å². The number of fused-ring (bicyclic) bond motifs is 1. The van der Waals surface area contributed by atoms with Crippen LogP contribution in [0.3, 0.4) is 0 Å². The van der Waals surface area contributed by atoms with Crippen molar-refractivity contribution in [3.63, 3.8) is 0 Å². The van der Waals surface area contributed by atoms with E-state index in [2.05, 4.69) is 5.32 Å². The van der Waals surface area contributed by atoms with Crippen LogP contribution in [0, 0.1) is 20.2 Å². The largest absolute Gasteiger partial charge is 0.461 e. The van der Waals surface area contributed by atoms with E-state index in [9.17, 15) is 44.2 Å². The van der Waals surface area contributed by atoms with Crippen molar-refractivity contribution in [1.29, 1.82) is 0 Å². The maximum Gasteiger partial charge on any atom is 0.333 e. The van der Waals surface area contributed by atoms with E-state index >= 15 is 0 Å². The molecule has 1 aromatic heterocycles. The standard InChI is InChI=1S/C31H26N4O12S2/c1-17(36)45-15-20-16-49-30-27(29(39)33(30)28(20)31(40)47-13-18-4-7-21(8-5-18)34(41)42)32-25(37)12-26(38)46-14-19-6-9-22(35(43)44)11-23(19)24-3-2-10-48-24/h2-11,16,27-28,30H,12-15H2,1H3,(H,32,37)/t27?,28?,30-/m0/s1. The van der Waals surface area contributed by atoms with E-state index in [-0.39, 0.29) is 36.8 Å². The quantitative estimate of drug-likeness (QED) is 0.0671. The van der Waals surface area contributed by atoms with Crippen molar-refractivity contribution >= 4 is 64.2 Å². The van der Waals surface area contributed by atoms with Gasteiger partial charge in [-0.15, -0.1) is 23.1 Å². The summed E-state index contributed by atoms with van der Waals surface area (Å²) in [4.78, 5) is 86.3. The topological polar surface area (TPSA) is 215 Å². The summed E-state index contributed by atoms with van der Waals surface area (Å²) in [5.74, 6) is -3.82. The Morgan fingerprint density at radius 3 is 2.29 bits per heavy atom. The molecule has 2 amide bonds. The number of thioether (sulfide) groups is 1. The predicted molar refractivity (Wildman–Crippen MR) is 172 cm³/mol. The van der Waals surface area contributed by atoms with Crippen LogP contribution in [0.25, 0.3) is 10.4 Å². The maximum absolute atomic E-state index is 13.3. The molecule has 0 aliphatic carbocycles. The molecular formula is C31H26N4O12S2. The van der Waals surface area contributed by atoms with Gasteiger partial charge in [-0.05, 0) is 46.2 Å². The molecule has 2 aliphatic rings. The molecule has 1 N–H and O–H groups in total. The molecule has 3 atom stereocenters. The first kappa shape index (κ1) is 34.7. The molecule has 3 heterocycles. The van der Waals surface area contributed by atoms with Crippen molar-refractivity contribution in [2.75, 3.05) is 6.61 Å². The number of carbonyl (C=O) groups excluding carboxylic acids is 5. The average molecular weight is 711 g/mol. The number of nitrogens with zero attached hydrogens (tertiary/aromatic N) is 3. The third kappa shape index (κ3) is 8.10. The Bertz CT molecular complexity index is 1840. The smallest absolute Gasteiger partial charge is 0.333 e. The summed E-state index contributed by atoms with van der Waals surface area (Å²) < 4.78 is 15.8. The van der Waals surface area contributed by atoms with Gasteiger partial charge in [-0.25, -0.2) is 4.79 Å². The van der Waals surface area contributed by atoms with Gasteiger partial charge >= 0.3 is 17.9 Å². The van der Waals surface area contributed by atoms with Crippen molar-refractivity contribution in [1.82, 2.24) is 10.2 Å². The molecule has 49 heavy (non-hydrogen) atoms. The molecule has 3 aromatic rings. The third-order valence-electron chi connectivity index (χ3n) is 7.36. The average Bonchev–Trinajstić information content (AvgIpc) is 3.62. The molecule has 0 radical (unpaired) electrons. The summed E-state index contributed by atoms with van der Waals surface area (Å²) in [7, 11) is 0. The summed E-state index contributed by atoms with van der Waals surface area (Å²) in [6.45, 7) is 0.361. The number of thiophene rings is 1. The van der Waals surface area contributed by atoms with Gasteiger partial charge in [-0.1, -0.05) is 6.07 Å². The third-order valence-corrected chi connectivity index (χ3v) is 9.48. The van der Waals surface area contributed by atoms with Gasteiger partial charge in [0.1, 0.15) is 37.7 Å². The minimum atomic E-state index is -1.28. The lowest BCUT2D eigenvalue weighted by Crippen LogP contribution is -2.74. The molecule has 2 aromatic carbocycles. The Balaban J connectivity index is 1.20. The number of β-lactam (4-membered cyclic amide) rings is 1. The number of benzene rings is 2. The lowest BCUT2D eigenvalue weighted by atomic mass is 9.98. The van der Waals surface area contributed by atoms with E-state index < -0.39 is 63.4 Å². The Labute approximate surface area is 285 Å². The van der Waals surface area contributed by atoms with Crippen molar-refractivity contribution in [3.8, 4) is 10.4 Å². The van der Waals surface area contributed by atoms with Crippen LogP contribution in [0.2, 0.25) is 0 Å². The van der Waals surface area contributed by atoms with Gasteiger partial charge in [0.15, 0.2) is 6.04 Å². The minimum Gasteiger partial charge on any atom is -0.461 e. The normalized spacial score (nSPS) is 17.9. The molecule has 18 heteroatoms. The fraction of sp³-hybridized carbons (Fsp3) is 0.258. The first-order valence-electron chi connectivity index (χ1n) is 14.4. The second kappa shape index (κ2) is 15.1. The van der Waals surface area contributed by atoms with Crippen LogP contribution in [-0.2, 0) is 51.4 Å². The van der Waals surface area contributed by atoms with E-state index in [1.54, 1.807) is 17.5 Å². The number of nitrogens with one attached hydrogen (secondary N) is 1. The van der Waals surface area contributed by atoms with Crippen LogP contribution in [0.1, 0.15) is 24.5 Å². The highest BCUT2D eigenvalue weighted by Crippen LogP contribution is 2.40. The van der Waals surface area contributed by atoms with Crippen LogP contribution in [0.15, 0.2) is 71.0 Å². The van der Waals surface area contributed by atoms with Gasteiger partial charge in [0, 0.05) is 47.2 Å². The predicted octanol–water partition coefficient (Wildman–Crippen LogP) is 3.62. The number of hydrogen-bond donors (Lipinski definition) is 1. The lowest BCUT2D eigenvalue weighted by molar-refractivity contribution is -0.385. The van der Waals surface area contributed by atoms with Crippen LogP contribution < -0.4 is 5.32 Å². The number of amides is 2. The Hall–Kier alpha value is -5.62. The van der Waals surface area contributed by atoms with Gasteiger partial charge in [0.05, 0.1) is 9.85 Å². The van der Waals surface area contributed by atoms with Gasteiger partial charge in [0.2, 0.25) is 11.8 Å². The molecule has 1 saturated heterocycles. The Kier molecular flexibility index (Phi) is 10.7. The summed E-state index contributed by atoms with van der Waals surface area (Å²) in [6.07, 6.45) is -0.725. The molecule has 16 nitrogen and oxygen atoms in total. The van der Waals surface area contributed by atoms with E-state index in [0.29, 0.717) is 16.7 Å². The second-order valence-corrected chi connectivity index (χ2v) is 12.6. The van der Waals surface area contributed by atoms with Crippen molar-refractivity contribution in [2.45, 2.75) is 44.0 Å². The molecule has 254 valence electrons. The van der Waals surface area contributed by atoms with Gasteiger partial charge in [-0.3, -0.25) is 39.4 Å². The van der Waals surface area contributed by atoms with Gasteiger partial charge < -0.3 is 24.4 Å². The molecule has 2 aliphatic heterocycles. The first-order chi connectivity index (χ1) is 23.4. The Morgan fingerprint density at radius 2 is 1.63 bits per heavy atom. The number of carbonyl (C=O) groups is 5. The molecule has 0 saturated carbocycles. The monoisotopic (exact) mass is 710 g/mol. The highest BCUT2D eigenvalue weighted by Gasteiger charge is 2.56. The summed E-state index contributed by atoms with van der Waals surface area (Å²) in [6, 6.07) is 10.6. The van der Waals surface area contributed by atoms with E-state index in [0.717, 1.165) is 16.6 Å². The number of nitro benzene ring substituents is 2. The van der Waals surface area contributed by atoms with Crippen LogP contribution >= 0.6 is 23.1 Å². The zero-order chi connectivity index (χ0) is 35.2. The fourth-order valence-corrected chi connectivity index (χ4v) is 6.97. The van der Waals surface area contributed by atoms with Gasteiger partial charge in [-0.2, -0.15) is 0 Å². The second-order valence-electron chi connectivity index (χ2n) is 10.6. The minimum absolute atomic E-state index is 0.133. The van der Waals surface area contributed by atoms with Crippen LogP contribution in [-0.4, -0.2) is 68.5 Å². The number of hydrogen-bond acceptors (Lipinski definition) is 14. The molecule has 0 spiro atoms. The highest BCUT2D eigenvalue weighted by atomic mass is 32.2. The SMILES string of the molecule is CC(=O)OCC1=CS[C@H]2C(NC(=O)CC(=O)OCc3ccc([N+](=O)[O-])cc3-c3cccs3)C(=O)N2C1C(=O)OCc1ccc([N+](=O)[O-])cc1. The first-order valence-corrected chi connectivity index (χ1v) is 16.2. The van der Waals surface area contributed by atoms with Crippen molar-refractivity contribution in [2.24, 2.45) is 0 Å². The summed E-state index contributed by atoms with van der Waals surface area (Å²) >= 11 is 2.45. The number of nitro groups is 2. The van der Waals surface area contributed by atoms with E-state index in [4.69, 9.17) is 14.2 Å². The highest BCUT2D eigenvalue weighted by molar-refractivity contribution is 8.03. The zero-order valence-electron chi connectivity index (χ0n) is 25.5. The molecular weight excluding hydrogens is 684 g/mol. The number of esters is 3. The fourth-order valence-electron chi connectivity index (χ4n) is 4.98. The van der Waals surface area contributed by atoms with Crippen molar-refractivity contribution in [3.05, 3.63) is 102 Å². The van der Waals surface area contributed by atoms with E-state index in [1.165, 1.54) is 71.0 Å². The number of rotatable bonds is 13. The summed E-state index contributed by atoms with van der Waals surface area (Å²) in [5.41, 5.74) is 1.44. The number of ether oxygens (including phenoxy) is 3. The van der Waals surface area contributed by atoms with Crippen molar-refractivity contribution < 1.29 is 48.0 Å². The van der Waals surface area contributed by atoms with Gasteiger partial charge in [0.25, 0.3) is 11.4 Å². The zero-order valence-corrected chi connectivity index (χ0v) is 27.1. The molecule has 2 unspecified atom stereocenters.